The van der Waals surface area contributed by atoms with Crippen molar-refractivity contribution in [2.75, 3.05) is 4.90 Å². The molecule has 0 aliphatic heterocycles. The van der Waals surface area contributed by atoms with Crippen LogP contribution in [0.25, 0.3) is 0 Å². The number of carbonyl (C=O) groups excluding carboxylic acids is 3. The summed E-state index contributed by atoms with van der Waals surface area (Å²) in [5.74, 6) is -1.08. The van der Waals surface area contributed by atoms with Gasteiger partial charge in [-0.05, 0) is 152 Å². The molecular formula is C43H39IN4O6S. The third-order valence-corrected chi connectivity index (χ3v) is 9.30. The molecule has 0 aliphatic carbocycles. The van der Waals surface area contributed by atoms with E-state index in [2.05, 4.69) is 38.1 Å². The first-order chi connectivity index (χ1) is 26.4. The highest BCUT2D eigenvalue weighted by molar-refractivity contribution is 14.1. The van der Waals surface area contributed by atoms with Crippen LogP contribution >= 0.6 is 34.4 Å². The van der Waals surface area contributed by atoms with Crippen LogP contribution in [0.4, 0.5) is 17.1 Å². The topological polar surface area (TPSA) is 119 Å². The van der Waals surface area contributed by atoms with Gasteiger partial charge in [-0.1, -0.05) is 63.6 Å². The molecule has 0 saturated heterocycles. The second kappa shape index (κ2) is 19.1. The lowest BCUT2D eigenvalue weighted by molar-refractivity contribution is -0.141. The van der Waals surface area contributed by atoms with Crippen LogP contribution in [0.1, 0.15) is 74.2 Å². The van der Waals surface area contributed by atoms with Gasteiger partial charge in [0.25, 0.3) is 0 Å². The summed E-state index contributed by atoms with van der Waals surface area (Å²) in [5.41, 5.74) is 8.12. The van der Waals surface area contributed by atoms with Gasteiger partial charge in [0.05, 0.1) is 17.1 Å². The van der Waals surface area contributed by atoms with Gasteiger partial charge >= 0.3 is 11.9 Å². The fraction of sp³-hybridized carbons (Fsp3) is 0.163. The Kier molecular flexibility index (Phi) is 14.1. The molecule has 0 heterocycles. The molecule has 0 aliphatic rings. The fourth-order valence-electron chi connectivity index (χ4n) is 5.23. The molecule has 0 fully saturated rings. The Labute approximate surface area is 338 Å². The van der Waals surface area contributed by atoms with Gasteiger partial charge in [0, 0.05) is 51.8 Å². The first-order valence-electron chi connectivity index (χ1n) is 17.2. The Morgan fingerprint density at radius 3 is 1.16 bits per heavy atom. The minimum absolute atomic E-state index is 0.00655. The summed E-state index contributed by atoms with van der Waals surface area (Å²) in [4.78, 5) is 55.2. The quantitative estimate of drug-likeness (QED) is 0.0270. The van der Waals surface area contributed by atoms with Crippen molar-refractivity contribution < 1.29 is 28.9 Å². The maximum atomic E-state index is 13.6. The Morgan fingerprint density at radius 2 is 0.818 bits per heavy atom. The third-order valence-electron chi connectivity index (χ3n) is 8.06. The molecule has 5 rings (SSSR count). The van der Waals surface area contributed by atoms with Crippen molar-refractivity contribution in [1.82, 2.24) is 0 Å². The van der Waals surface area contributed by atoms with Gasteiger partial charge in [0.2, 0.25) is 0 Å². The monoisotopic (exact) mass is 866 g/mol. The molecule has 1 atom stereocenters. The van der Waals surface area contributed by atoms with E-state index >= 15 is 0 Å². The zero-order valence-corrected chi connectivity index (χ0v) is 34.1. The van der Waals surface area contributed by atoms with Crippen LogP contribution in [0.2, 0.25) is 0 Å². The van der Waals surface area contributed by atoms with E-state index in [9.17, 15) is 14.4 Å². The van der Waals surface area contributed by atoms with Crippen LogP contribution in [0.5, 0.6) is 0 Å². The lowest BCUT2D eigenvalue weighted by Crippen LogP contribution is -2.11. The number of hydrogen-bond donors (Lipinski definition) is 0. The minimum atomic E-state index is -0.496. The summed E-state index contributed by atoms with van der Waals surface area (Å²) in [7, 11) is 0. The molecule has 5 aromatic rings. The van der Waals surface area contributed by atoms with Crippen LogP contribution in [-0.4, -0.2) is 39.0 Å². The average Bonchev–Trinajstić information content (AvgIpc) is 3.19. The van der Waals surface area contributed by atoms with Crippen LogP contribution in [-0.2, 0) is 24.1 Å². The first-order valence-corrected chi connectivity index (χ1v) is 19.3. The van der Waals surface area contributed by atoms with Gasteiger partial charge in [-0.3, -0.25) is 4.79 Å². The zero-order chi connectivity index (χ0) is 39.5. The number of nitrogens with zero attached hydrogens (tertiary/aromatic N) is 4. The predicted octanol–water partition coefficient (Wildman–Crippen LogP) is 10.6. The number of carbonyl (C=O) groups is 3. The normalized spacial score (nSPS) is 12.5. The highest BCUT2D eigenvalue weighted by Crippen LogP contribution is 2.35. The molecule has 0 spiro atoms. The van der Waals surface area contributed by atoms with E-state index in [0.29, 0.717) is 22.6 Å². The van der Waals surface area contributed by atoms with Gasteiger partial charge in [0.15, 0.2) is 9.89 Å². The molecular weight excluding hydrogens is 827 g/mol. The summed E-state index contributed by atoms with van der Waals surface area (Å²) in [6.07, 6.45) is 0. The number of rotatable bonds is 14. The second-order valence-corrected chi connectivity index (χ2v) is 15.2. The Hall–Kier alpha value is -5.60. The summed E-state index contributed by atoms with van der Waals surface area (Å²) in [6, 6.07) is 38.5. The highest BCUT2D eigenvalue weighted by Gasteiger charge is 2.16. The van der Waals surface area contributed by atoms with Crippen LogP contribution in [0, 0.1) is 0 Å². The number of halogens is 1. The van der Waals surface area contributed by atoms with Crippen molar-refractivity contribution >= 4 is 86.3 Å². The van der Waals surface area contributed by atoms with Crippen LogP contribution < -0.4 is 4.90 Å². The third kappa shape index (κ3) is 11.4. The molecule has 0 saturated carbocycles. The number of ketones is 1. The largest absolute Gasteiger partial charge is 0.382 e. The summed E-state index contributed by atoms with van der Waals surface area (Å²) in [5, 5.41) is 12.0. The van der Waals surface area contributed by atoms with Crippen LogP contribution in [0.15, 0.2) is 147 Å². The van der Waals surface area contributed by atoms with E-state index < -0.39 is 11.9 Å². The smallest absolute Gasteiger partial charge is 0.331 e. The van der Waals surface area contributed by atoms with E-state index in [1.54, 1.807) is 25.6 Å². The molecule has 55 heavy (non-hydrogen) atoms. The molecule has 0 N–H and O–H groups in total. The molecule has 10 nitrogen and oxygen atoms in total. The molecule has 5 aromatic carbocycles. The summed E-state index contributed by atoms with van der Waals surface area (Å²) >= 11 is 3.77. The zero-order valence-electron chi connectivity index (χ0n) is 31.1. The van der Waals surface area contributed by atoms with E-state index in [1.165, 1.54) is 13.8 Å². The first kappa shape index (κ1) is 40.6. The van der Waals surface area contributed by atoms with Crippen LogP contribution in [0.3, 0.4) is 0 Å². The van der Waals surface area contributed by atoms with Gasteiger partial charge in [-0.15, -0.1) is 0 Å². The van der Waals surface area contributed by atoms with Crippen molar-refractivity contribution in [3.8, 4) is 0 Å². The standard InChI is InChI=1S/C43H39IN4O6S/c1-27(45-52-30(4)44)35-13-23-41(24-14-35)55-42-25-15-37(16-26-42)43(51)36-11-21-40(22-12-36)48(38-17-7-33(8-18-38)28(2)46-53-31(5)49)39-19-9-34(10-20-39)29(3)47-54-32(6)50/h7-26,30H,1-6H3/b45-27?,46-28+,47-29?. The Balaban J connectivity index is 1.35. The van der Waals surface area contributed by atoms with Gasteiger partial charge in [-0.25, -0.2) is 9.59 Å². The molecule has 0 bridgehead atoms. The highest BCUT2D eigenvalue weighted by atomic mass is 127. The predicted molar refractivity (Wildman–Crippen MR) is 226 cm³/mol. The lowest BCUT2D eigenvalue weighted by Gasteiger charge is -2.26. The number of hydrogen-bond acceptors (Lipinski definition) is 11. The van der Waals surface area contributed by atoms with E-state index in [1.807, 2.05) is 140 Å². The molecule has 0 amide bonds. The van der Waals surface area contributed by atoms with Crippen molar-refractivity contribution in [2.45, 2.75) is 55.4 Å². The Bertz CT molecular complexity index is 2140. The minimum Gasteiger partial charge on any atom is -0.382 e. The average molecular weight is 867 g/mol. The molecule has 12 heteroatoms. The van der Waals surface area contributed by atoms with Crippen molar-refractivity contribution in [3.05, 3.63) is 149 Å². The maximum Gasteiger partial charge on any atom is 0.331 e. The van der Waals surface area contributed by atoms with Gasteiger partial charge < -0.3 is 19.4 Å². The SMILES string of the molecule is CC(=O)ON=C(C)c1ccc(N(c2ccc(C(=O)c3ccc(Sc4ccc(C(C)=NOC(C)I)cc4)cc3)cc2)c2ccc(/C(C)=N/OC(C)=O)cc2)cc1. The van der Waals surface area contributed by atoms with E-state index in [4.69, 9.17) is 14.5 Å². The molecule has 280 valence electrons. The van der Waals surface area contributed by atoms with Gasteiger partial charge in [-0.2, -0.15) is 0 Å². The number of alkyl halides is 1. The fourth-order valence-corrected chi connectivity index (χ4v) is 6.16. The number of oxime groups is 3. The Morgan fingerprint density at radius 1 is 0.509 bits per heavy atom. The van der Waals surface area contributed by atoms with Crippen molar-refractivity contribution in [1.29, 1.82) is 0 Å². The lowest BCUT2D eigenvalue weighted by atomic mass is 10.0. The summed E-state index contributed by atoms with van der Waals surface area (Å²) in [6.45, 7) is 9.96. The molecule has 0 aromatic heterocycles. The second-order valence-electron chi connectivity index (χ2n) is 12.3. The number of anilines is 3. The van der Waals surface area contributed by atoms with E-state index in [0.717, 1.165) is 49.3 Å². The van der Waals surface area contributed by atoms with Gasteiger partial charge in [0.1, 0.15) is 0 Å². The maximum absolute atomic E-state index is 13.6. The molecule has 0 radical (unpaired) electrons. The van der Waals surface area contributed by atoms with Crippen molar-refractivity contribution in [3.63, 3.8) is 0 Å². The molecule has 1 unspecified atom stereocenters. The van der Waals surface area contributed by atoms with E-state index in [-0.39, 0.29) is 9.89 Å². The van der Waals surface area contributed by atoms with Crippen molar-refractivity contribution in [2.24, 2.45) is 15.5 Å². The number of benzene rings is 5. The summed E-state index contributed by atoms with van der Waals surface area (Å²) < 4.78 is -0.00655.